The molecule has 8 unspecified atom stereocenters. The highest BCUT2D eigenvalue weighted by atomic mass is 16.7. The molecule has 0 aromatic rings. The third-order valence-corrected chi connectivity index (χ3v) is 11.5. The fourth-order valence-electron chi connectivity index (χ4n) is 9.06. The maximum Gasteiger partial charge on any atom is 0.245 e. The van der Waals surface area contributed by atoms with Crippen LogP contribution in [0.15, 0.2) is 12.7 Å². The summed E-state index contributed by atoms with van der Waals surface area (Å²) in [5.74, 6) is 9.00. The van der Waals surface area contributed by atoms with Crippen molar-refractivity contribution in [2.45, 2.75) is 127 Å². The molecule has 4 heterocycles. The van der Waals surface area contributed by atoms with Crippen LogP contribution in [0.4, 0.5) is 0 Å². The smallest absolute Gasteiger partial charge is 0.245 e. The van der Waals surface area contributed by atoms with Crippen molar-refractivity contribution >= 4 is 5.91 Å². The van der Waals surface area contributed by atoms with Crippen LogP contribution in [0.3, 0.4) is 0 Å². The number of nitrogens with one attached hydrogen (secondary N) is 4. The Bertz CT molecular complexity index is 1050. The standard InChI is InChI=1S/C34H57N7O4/c1-4-29(42)40-18-16-23(17-19-40)10-15-27-30(24-11-13-26(14-12-24)44-25-8-6-5-7-9-25)31-32(35)36-21-37-34(31)41(27)22(2)33-38-28(20-43-3)45-39-33/h4,22-28,30-34,36-39H,1,5-9,11-14,16-21,35H2,2-3H3. The van der Waals surface area contributed by atoms with E-state index in [4.69, 9.17) is 20.0 Å². The zero-order valence-electron chi connectivity index (χ0n) is 27.4. The van der Waals surface area contributed by atoms with Crippen molar-refractivity contribution in [3.63, 3.8) is 0 Å². The van der Waals surface area contributed by atoms with Crippen molar-refractivity contribution in [3.8, 4) is 11.8 Å². The summed E-state index contributed by atoms with van der Waals surface area (Å²) in [5, 5.41) is 10.9. The van der Waals surface area contributed by atoms with E-state index in [9.17, 15) is 4.79 Å². The molecule has 0 aromatic heterocycles. The summed E-state index contributed by atoms with van der Waals surface area (Å²) in [5.41, 5.74) is 10.2. The van der Waals surface area contributed by atoms with Gasteiger partial charge in [-0.3, -0.25) is 30.5 Å². The summed E-state index contributed by atoms with van der Waals surface area (Å²) in [6, 6.07) is 0.131. The summed E-state index contributed by atoms with van der Waals surface area (Å²) < 4.78 is 12.0. The first-order valence-electron chi connectivity index (χ1n) is 17.7. The van der Waals surface area contributed by atoms with Crippen LogP contribution in [-0.2, 0) is 19.1 Å². The minimum Gasteiger partial charge on any atom is -0.380 e. The van der Waals surface area contributed by atoms with Crippen LogP contribution in [0.5, 0.6) is 0 Å². The van der Waals surface area contributed by atoms with E-state index >= 15 is 0 Å². The molecule has 0 aromatic carbocycles. The number of nitrogens with two attached hydrogens (primary N) is 1. The lowest BCUT2D eigenvalue weighted by atomic mass is 9.70. The van der Waals surface area contributed by atoms with Gasteiger partial charge in [-0.15, -0.1) is 0 Å². The topological polar surface area (TPSA) is 125 Å². The van der Waals surface area contributed by atoms with Crippen LogP contribution in [0.1, 0.15) is 77.6 Å². The van der Waals surface area contributed by atoms with Gasteiger partial charge in [0.15, 0.2) is 6.23 Å². The lowest BCUT2D eigenvalue weighted by molar-refractivity contribution is -0.127. The number of fused-ring (bicyclic) bond motifs is 1. The Morgan fingerprint density at radius 3 is 2.47 bits per heavy atom. The third kappa shape index (κ3) is 7.61. The third-order valence-electron chi connectivity index (χ3n) is 11.5. The van der Waals surface area contributed by atoms with Gasteiger partial charge in [0.1, 0.15) is 0 Å². The summed E-state index contributed by atoms with van der Waals surface area (Å²) in [4.78, 5) is 22.5. The SMILES string of the molecule is C=CC(=O)N1CCC(C#CC2C(C3CCC(OC4CCCCC4)CC3)C3C(N)NCNC3N2C(C)C2NOC(COC)N2)CC1. The molecule has 45 heavy (non-hydrogen) atoms. The van der Waals surface area contributed by atoms with Crippen LogP contribution in [0.2, 0.25) is 0 Å². The number of rotatable bonds is 8. The van der Waals surface area contributed by atoms with Gasteiger partial charge in [-0.2, -0.15) is 5.48 Å². The Morgan fingerprint density at radius 1 is 1.02 bits per heavy atom. The monoisotopic (exact) mass is 627 g/mol. The molecule has 6 aliphatic rings. The second-order valence-corrected chi connectivity index (χ2v) is 14.2. The quantitative estimate of drug-likeness (QED) is 0.201. The van der Waals surface area contributed by atoms with Crippen LogP contribution >= 0.6 is 0 Å². The number of likely N-dealkylation sites (tertiary alicyclic amines) is 2. The van der Waals surface area contributed by atoms with Gasteiger partial charge < -0.3 is 20.1 Å². The number of ether oxygens (including phenoxy) is 2. The van der Waals surface area contributed by atoms with E-state index in [0.29, 0.717) is 37.3 Å². The van der Waals surface area contributed by atoms with Gasteiger partial charge in [0.2, 0.25) is 5.91 Å². The second-order valence-electron chi connectivity index (χ2n) is 14.2. The lowest BCUT2D eigenvalue weighted by Gasteiger charge is -2.42. The minimum atomic E-state index is -0.202. The zero-order valence-corrected chi connectivity index (χ0v) is 27.4. The molecule has 1 amide bonds. The van der Waals surface area contributed by atoms with Crippen molar-refractivity contribution in [2.24, 2.45) is 29.4 Å². The first-order valence-corrected chi connectivity index (χ1v) is 17.7. The van der Waals surface area contributed by atoms with Gasteiger partial charge in [-0.25, -0.2) is 0 Å². The highest BCUT2D eigenvalue weighted by molar-refractivity contribution is 5.87. The van der Waals surface area contributed by atoms with Gasteiger partial charge >= 0.3 is 0 Å². The maximum atomic E-state index is 12.2. The number of carbonyl (C=O) groups excluding carboxylic acids is 1. The number of hydrogen-bond donors (Lipinski definition) is 5. The molecular formula is C34H57N7O4. The second kappa shape index (κ2) is 15.5. The minimum absolute atomic E-state index is 0.0162. The molecule has 2 saturated carbocycles. The van der Waals surface area contributed by atoms with Crippen molar-refractivity contribution in [1.82, 2.24) is 31.2 Å². The molecule has 4 saturated heterocycles. The van der Waals surface area contributed by atoms with Crippen LogP contribution in [-0.4, -0.2) is 98.2 Å². The van der Waals surface area contributed by atoms with Gasteiger partial charge in [-0.05, 0) is 76.2 Å². The molecule has 11 heteroatoms. The Kier molecular flexibility index (Phi) is 11.5. The largest absolute Gasteiger partial charge is 0.380 e. The first-order chi connectivity index (χ1) is 22.0. The molecule has 2 aliphatic carbocycles. The highest BCUT2D eigenvalue weighted by Crippen LogP contribution is 2.47. The molecule has 6 N–H and O–H groups in total. The van der Waals surface area contributed by atoms with Gasteiger partial charge in [0.05, 0.1) is 43.4 Å². The molecule has 0 spiro atoms. The molecule has 0 bridgehead atoms. The number of hydrogen-bond acceptors (Lipinski definition) is 10. The molecule has 4 aliphatic heterocycles. The van der Waals surface area contributed by atoms with Gasteiger partial charge in [0.25, 0.3) is 0 Å². The Morgan fingerprint density at radius 2 is 1.76 bits per heavy atom. The van der Waals surface area contributed by atoms with Crippen LogP contribution in [0.25, 0.3) is 0 Å². The van der Waals surface area contributed by atoms with E-state index in [0.717, 1.165) is 51.6 Å². The predicted octanol–water partition coefficient (Wildman–Crippen LogP) is 1.81. The van der Waals surface area contributed by atoms with Crippen molar-refractivity contribution in [2.75, 3.05) is 33.5 Å². The van der Waals surface area contributed by atoms with E-state index in [2.05, 4.69) is 51.7 Å². The molecule has 11 nitrogen and oxygen atoms in total. The Labute approximate surface area is 270 Å². The number of carbonyl (C=O) groups is 1. The fraction of sp³-hybridized carbons (Fsp3) is 0.853. The van der Waals surface area contributed by atoms with E-state index < -0.39 is 0 Å². The summed E-state index contributed by atoms with van der Waals surface area (Å²) in [6.07, 6.45) is 14.7. The molecule has 0 radical (unpaired) electrons. The van der Waals surface area contributed by atoms with Crippen molar-refractivity contribution < 1.29 is 19.1 Å². The number of hydroxylamine groups is 1. The average molecular weight is 628 g/mol. The maximum absolute atomic E-state index is 12.2. The van der Waals surface area contributed by atoms with Gasteiger partial charge in [0, 0.05) is 44.7 Å². The Balaban J connectivity index is 1.22. The molecule has 6 rings (SSSR count). The Hall–Kier alpha value is -1.59. The normalized spacial score (nSPS) is 39.2. The number of methoxy groups -OCH3 is 1. The van der Waals surface area contributed by atoms with E-state index in [1.807, 2.05) is 4.90 Å². The van der Waals surface area contributed by atoms with Crippen molar-refractivity contribution in [1.29, 1.82) is 0 Å². The van der Waals surface area contributed by atoms with Crippen LogP contribution in [0, 0.1) is 35.5 Å². The summed E-state index contributed by atoms with van der Waals surface area (Å²) >= 11 is 0. The summed E-state index contributed by atoms with van der Waals surface area (Å²) in [7, 11) is 1.69. The number of piperidine rings is 1. The molecule has 8 atom stereocenters. The van der Waals surface area contributed by atoms with E-state index in [1.165, 1.54) is 38.2 Å². The lowest BCUT2D eigenvalue weighted by Crippen LogP contribution is -2.66. The molecular weight excluding hydrogens is 570 g/mol. The summed E-state index contributed by atoms with van der Waals surface area (Å²) in [6.45, 7) is 8.54. The van der Waals surface area contributed by atoms with E-state index in [-0.39, 0.29) is 54.6 Å². The van der Waals surface area contributed by atoms with Crippen molar-refractivity contribution in [3.05, 3.63) is 12.7 Å². The first kappa shape index (κ1) is 33.3. The molecule has 6 fully saturated rings. The predicted molar refractivity (Wildman–Crippen MR) is 173 cm³/mol. The van der Waals surface area contributed by atoms with E-state index in [1.54, 1.807) is 7.11 Å². The average Bonchev–Trinajstić information content (AvgIpc) is 3.68. The number of nitrogens with zero attached hydrogens (tertiary/aromatic N) is 2. The molecule has 252 valence electrons. The van der Waals surface area contributed by atoms with Gasteiger partial charge in [-0.1, -0.05) is 37.7 Å². The van der Waals surface area contributed by atoms with Crippen LogP contribution < -0.4 is 27.2 Å². The highest BCUT2D eigenvalue weighted by Gasteiger charge is 2.57. The zero-order chi connectivity index (χ0) is 31.3. The fourth-order valence-corrected chi connectivity index (χ4v) is 9.06. The number of amides is 1.